The molecule has 1 aliphatic rings. The van der Waals surface area contributed by atoms with Crippen LogP contribution in [0.25, 0.3) is 0 Å². The van der Waals surface area contributed by atoms with Crippen molar-refractivity contribution >= 4 is 28.2 Å². The van der Waals surface area contributed by atoms with Crippen LogP contribution in [0.5, 0.6) is 0 Å². The number of thioether (sulfide) groups is 1. The summed E-state index contributed by atoms with van der Waals surface area (Å²) in [5.74, 6) is 0.353. The third kappa shape index (κ3) is 1.94. The van der Waals surface area contributed by atoms with Gasteiger partial charge in [-0.1, -0.05) is 11.8 Å². The number of benzene rings is 1. The van der Waals surface area contributed by atoms with Gasteiger partial charge in [0.05, 0.1) is 5.75 Å². The van der Waals surface area contributed by atoms with Crippen LogP contribution in [0.1, 0.15) is 5.56 Å². The highest BCUT2D eigenvalue weighted by molar-refractivity contribution is 8.14. The van der Waals surface area contributed by atoms with Crippen LogP contribution in [0.3, 0.4) is 0 Å². The second-order valence-corrected chi connectivity index (χ2v) is 4.37. The molecule has 16 heavy (non-hydrogen) atoms. The summed E-state index contributed by atoms with van der Waals surface area (Å²) in [6, 6.07) is 5.06. The summed E-state index contributed by atoms with van der Waals surface area (Å²) in [6.45, 7) is 0. The van der Waals surface area contributed by atoms with Crippen molar-refractivity contribution in [3.63, 3.8) is 0 Å². The van der Waals surface area contributed by atoms with Gasteiger partial charge < -0.3 is 11.5 Å². The van der Waals surface area contributed by atoms with Crippen molar-refractivity contribution in [3.8, 4) is 0 Å². The minimum atomic E-state index is -0.864. The van der Waals surface area contributed by atoms with Crippen molar-refractivity contribution in [1.82, 2.24) is 0 Å². The maximum Gasteiger partial charge on any atom is 0.314 e. The largest absolute Gasteiger partial charge is 0.399 e. The highest BCUT2D eigenvalue weighted by Crippen LogP contribution is 2.27. The molecule has 0 fully saturated rings. The van der Waals surface area contributed by atoms with Gasteiger partial charge in [-0.05, 0) is 18.2 Å². The molecule has 7 heteroatoms. The van der Waals surface area contributed by atoms with Crippen LogP contribution in [-0.4, -0.2) is 21.9 Å². The van der Waals surface area contributed by atoms with Gasteiger partial charge in [0, 0.05) is 21.9 Å². The third-order valence-electron chi connectivity index (χ3n) is 2.18. The van der Waals surface area contributed by atoms with E-state index in [9.17, 15) is 10.1 Å². The number of nitrogens with two attached hydrogens (primary N) is 2. The first-order valence-corrected chi connectivity index (χ1v) is 5.56. The monoisotopic (exact) mass is 238 g/mol. The van der Waals surface area contributed by atoms with Crippen molar-refractivity contribution in [2.45, 2.75) is 6.17 Å². The van der Waals surface area contributed by atoms with Crippen LogP contribution in [0.4, 0.5) is 11.4 Å². The average Bonchev–Trinajstić information content (AvgIpc) is 2.66. The molecule has 0 bridgehead atoms. The smallest absolute Gasteiger partial charge is 0.314 e. The van der Waals surface area contributed by atoms with Crippen LogP contribution in [0, 0.1) is 10.1 Å². The van der Waals surface area contributed by atoms with E-state index in [0.717, 1.165) is 0 Å². The van der Waals surface area contributed by atoms with Gasteiger partial charge in [0.2, 0.25) is 0 Å². The molecule has 1 aromatic rings. The molecule has 0 aromatic heterocycles. The zero-order chi connectivity index (χ0) is 11.7. The first kappa shape index (κ1) is 10.7. The van der Waals surface area contributed by atoms with E-state index in [2.05, 4.69) is 4.99 Å². The summed E-state index contributed by atoms with van der Waals surface area (Å²) in [5, 5.41) is 11.2. The van der Waals surface area contributed by atoms with Gasteiger partial charge in [-0.3, -0.25) is 10.1 Å². The lowest BCUT2D eigenvalue weighted by atomic mass is 10.2. The molecule has 0 spiro atoms. The van der Waals surface area contributed by atoms with Gasteiger partial charge in [-0.2, -0.15) is 0 Å². The Balaban J connectivity index is 2.32. The summed E-state index contributed by atoms with van der Waals surface area (Å²) >= 11 is 1.34. The first-order valence-electron chi connectivity index (χ1n) is 4.57. The SMILES string of the molecule is Nc1ccc(C2=NC([N+](=O)[O-])CS2)c(N)c1. The highest BCUT2D eigenvalue weighted by atomic mass is 32.2. The fraction of sp³-hybridized carbons (Fsp3) is 0.222. The quantitative estimate of drug-likeness (QED) is 0.453. The molecule has 0 radical (unpaired) electrons. The summed E-state index contributed by atoms with van der Waals surface area (Å²) in [4.78, 5) is 14.2. The second-order valence-electron chi connectivity index (χ2n) is 3.36. The minimum absolute atomic E-state index is 0.353. The maximum absolute atomic E-state index is 10.6. The van der Waals surface area contributed by atoms with Crippen molar-refractivity contribution < 1.29 is 4.92 Å². The fourth-order valence-corrected chi connectivity index (χ4v) is 2.44. The topological polar surface area (TPSA) is 108 Å². The Morgan fingerprint density at radius 3 is 2.81 bits per heavy atom. The Morgan fingerprint density at radius 2 is 2.25 bits per heavy atom. The molecule has 0 aliphatic carbocycles. The van der Waals surface area contributed by atoms with E-state index in [4.69, 9.17) is 11.5 Å². The van der Waals surface area contributed by atoms with Gasteiger partial charge in [-0.25, -0.2) is 4.99 Å². The molecule has 1 atom stereocenters. The highest BCUT2D eigenvalue weighted by Gasteiger charge is 2.28. The Labute approximate surface area is 95.9 Å². The van der Waals surface area contributed by atoms with Gasteiger partial charge >= 0.3 is 6.17 Å². The lowest BCUT2D eigenvalue weighted by Gasteiger charge is -2.04. The summed E-state index contributed by atoms with van der Waals surface area (Å²) in [6.07, 6.45) is -0.864. The Hall–Kier alpha value is -1.76. The Bertz CT molecular complexity index is 475. The number of nitrogens with zero attached hydrogens (tertiary/aromatic N) is 2. The van der Waals surface area contributed by atoms with Crippen LogP contribution < -0.4 is 11.5 Å². The number of nitrogen functional groups attached to an aromatic ring is 2. The molecule has 2 rings (SSSR count). The molecule has 4 N–H and O–H groups in total. The number of rotatable bonds is 2. The van der Waals surface area contributed by atoms with Crippen LogP contribution >= 0.6 is 11.8 Å². The van der Waals surface area contributed by atoms with Crippen molar-refractivity contribution in [2.24, 2.45) is 4.99 Å². The van der Waals surface area contributed by atoms with Crippen molar-refractivity contribution in [1.29, 1.82) is 0 Å². The standard InChI is InChI=1S/C9H10N4O2S/c10-5-1-2-6(7(11)3-5)9-12-8(4-16-9)13(14)15/h1-3,8H,4,10-11H2. The number of aliphatic imine (C=N–C) groups is 1. The first-order chi connectivity index (χ1) is 7.58. The zero-order valence-electron chi connectivity index (χ0n) is 8.29. The van der Waals surface area contributed by atoms with Gasteiger partial charge in [0.25, 0.3) is 0 Å². The van der Waals surface area contributed by atoms with E-state index in [1.54, 1.807) is 18.2 Å². The molecule has 1 aliphatic heterocycles. The fourth-order valence-electron chi connectivity index (χ4n) is 1.39. The van der Waals surface area contributed by atoms with Crippen molar-refractivity contribution in [3.05, 3.63) is 33.9 Å². The van der Waals surface area contributed by atoms with Crippen LogP contribution in [0.15, 0.2) is 23.2 Å². The summed E-state index contributed by atoms with van der Waals surface area (Å²) in [5.41, 5.74) is 13.1. The predicted octanol–water partition coefficient (Wildman–Crippen LogP) is 0.947. The maximum atomic E-state index is 10.6. The lowest BCUT2D eigenvalue weighted by Crippen LogP contribution is -2.15. The number of nitro groups is 1. The molecule has 1 heterocycles. The minimum Gasteiger partial charge on any atom is -0.399 e. The Kier molecular flexibility index (Phi) is 2.69. The van der Waals surface area contributed by atoms with E-state index in [1.165, 1.54) is 11.8 Å². The molecule has 1 unspecified atom stereocenters. The molecule has 0 amide bonds. The van der Waals surface area contributed by atoms with E-state index < -0.39 is 11.1 Å². The van der Waals surface area contributed by atoms with E-state index in [-0.39, 0.29) is 0 Å². The zero-order valence-corrected chi connectivity index (χ0v) is 9.11. The summed E-state index contributed by atoms with van der Waals surface area (Å²) in [7, 11) is 0. The van der Waals surface area contributed by atoms with E-state index in [0.29, 0.717) is 27.7 Å². The molecule has 1 aromatic carbocycles. The average molecular weight is 238 g/mol. The predicted molar refractivity (Wildman–Crippen MR) is 65.0 cm³/mol. The van der Waals surface area contributed by atoms with Gasteiger partial charge in [0.15, 0.2) is 0 Å². The van der Waals surface area contributed by atoms with E-state index >= 15 is 0 Å². The number of hydrogen-bond donors (Lipinski definition) is 2. The molecule has 0 saturated heterocycles. The van der Waals surface area contributed by atoms with Crippen molar-refractivity contribution in [2.75, 3.05) is 17.2 Å². The molecule has 0 saturated carbocycles. The molecule has 84 valence electrons. The summed E-state index contributed by atoms with van der Waals surface area (Å²) < 4.78 is 0. The third-order valence-corrected chi connectivity index (χ3v) is 3.25. The number of anilines is 2. The lowest BCUT2D eigenvalue weighted by molar-refractivity contribution is -0.513. The Morgan fingerprint density at radius 1 is 1.50 bits per heavy atom. The van der Waals surface area contributed by atoms with Gasteiger partial charge in [0.1, 0.15) is 5.04 Å². The molecular weight excluding hydrogens is 228 g/mol. The molecular formula is C9H10N4O2S. The normalized spacial score (nSPS) is 19.5. The van der Waals surface area contributed by atoms with E-state index in [1.807, 2.05) is 0 Å². The number of hydrogen-bond acceptors (Lipinski definition) is 6. The second kappa shape index (κ2) is 4.01. The van der Waals surface area contributed by atoms with Gasteiger partial charge in [-0.15, -0.1) is 0 Å². The van der Waals surface area contributed by atoms with Crippen LogP contribution in [-0.2, 0) is 0 Å². The molecule has 6 nitrogen and oxygen atoms in total. The van der Waals surface area contributed by atoms with Crippen LogP contribution in [0.2, 0.25) is 0 Å².